The number of nitrogens with one attached hydrogen (secondary N) is 2. The van der Waals surface area contributed by atoms with Gasteiger partial charge >= 0.3 is 0 Å². The zero-order valence-corrected chi connectivity index (χ0v) is 13.0. The molecule has 0 atom stereocenters. The van der Waals surface area contributed by atoms with Gasteiger partial charge in [0, 0.05) is 12.0 Å². The third-order valence-electron chi connectivity index (χ3n) is 3.19. The van der Waals surface area contributed by atoms with E-state index in [0.717, 1.165) is 18.1 Å². The Morgan fingerprint density at radius 1 is 1.22 bits per heavy atom. The summed E-state index contributed by atoms with van der Waals surface area (Å²) < 4.78 is 13.2. The number of amides is 2. The largest absolute Gasteiger partial charge is 0.320 e. The van der Waals surface area contributed by atoms with Crippen LogP contribution in [-0.4, -0.2) is 16.8 Å². The van der Waals surface area contributed by atoms with Gasteiger partial charge in [-0.25, -0.2) is 9.37 Å². The van der Waals surface area contributed by atoms with Gasteiger partial charge < -0.3 is 10.6 Å². The molecule has 120 valence electrons. The molecule has 0 aliphatic carbocycles. The van der Waals surface area contributed by atoms with Crippen molar-refractivity contribution in [3.63, 3.8) is 0 Å². The number of carbonyl (C=O) groups excluding carboxylic acids is 2. The van der Waals surface area contributed by atoms with E-state index in [1.54, 1.807) is 13.0 Å². The van der Waals surface area contributed by atoms with E-state index in [1.165, 1.54) is 24.4 Å². The van der Waals surface area contributed by atoms with Gasteiger partial charge in [-0.15, -0.1) is 0 Å². The van der Waals surface area contributed by atoms with E-state index in [1.807, 2.05) is 6.92 Å². The molecule has 1 heterocycles. The van der Waals surface area contributed by atoms with Crippen LogP contribution in [0, 0.1) is 12.7 Å². The summed E-state index contributed by atoms with van der Waals surface area (Å²) in [4.78, 5) is 27.7. The molecule has 0 aliphatic rings. The van der Waals surface area contributed by atoms with Crippen molar-refractivity contribution in [2.45, 2.75) is 26.7 Å². The fraction of sp³-hybridized carbons (Fsp3) is 0.235. The summed E-state index contributed by atoms with van der Waals surface area (Å²) in [6.07, 6.45) is 2.65. The van der Waals surface area contributed by atoms with Crippen molar-refractivity contribution in [2.75, 3.05) is 10.6 Å². The fourth-order valence-corrected chi connectivity index (χ4v) is 2.01. The van der Waals surface area contributed by atoms with Gasteiger partial charge in [-0.05, 0) is 43.2 Å². The summed E-state index contributed by atoms with van der Waals surface area (Å²) >= 11 is 0. The fourth-order valence-electron chi connectivity index (χ4n) is 2.01. The first kappa shape index (κ1) is 16.6. The highest BCUT2D eigenvalue weighted by Gasteiger charge is 2.10. The Kier molecular flexibility index (Phi) is 5.41. The van der Waals surface area contributed by atoms with Crippen LogP contribution < -0.4 is 10.6 Å². The molecule has 2 aromatic rings. The van der Waals surface area contributed by atoms with Crippen LogP contribution in [0.5, 0.6) is 0 Å². The average molecular weight is 315 g/mol. The lowest BCUT2D eigenvalue weighted by Crippen LogP contribution is -2.15. The number of anilines is 2. The Labute approximate surface area is 133 Å². The number of carbonyl (C=O) groups is 2. The van der Waals surface area contributed by atoms with E-state index in [4.69, 9.17) is 0 Å². The molecule has 2 amide bonds. The molecule has 0 saturated carbocycles. The summed E-state index contributed by atoms with van der Waals surface area (Å²) in [7, 11) is 0. The summed E-state index contributed by atoms with van der Waals surface area (Å²) in [5.74, 6) is -0.556. The van der Waals surface area contributed by atoms with E-state index in [-0.39, 0.29) is 11.5 Å². The number of benzene rings is 1. The number of aryl methyl sites for hydroxylation is 1. The third-order valence-corrected chi connectivity index (χ3v) is 3.19. The first-order valence-electron chi connectivity index (χ1n) is 7.33. The Balaban J connectivity index is 2.09. The number of hydrogen-bond donors (Lipinski definition) is 2. The second-order valence-electron chi connectivity index (χ2n) is 5.15. The monoisotopic (exact) mass is 315 g/mol. The first-order valence-corrected chi connectivity index (χ1v) is 7.33. The Morgan fingerprint density at radius 3 is 2.65 bits per heavy atom. The quantitative estimate of drug-likeness (QED) is 0.887. The number of rotatable bonds is 5. The second kappa shape index (κ2) is 7.49. The molecular formula is C17H18FN3O2. The summed E-state index contributed by atoms with van der Waals surface area (Å²) in [5.41, 5.74) is 1.48. The zero-order valence-electron chi connectivity index (χ0n) is 13.0. The van der Waals surface area contributed by atoms with Crippen molar-refractivity contribution < 1.29 is 14.0 Å². The maximum Gasteiger partial charge on any atom is 0.255 e. The molecule has 1 aromatic carbocycles. The summed E-state index contributed by atoms with van der Waals surface area (Å²) in [6, 6.07) is 7.12. The second-order valence-corrected chi connectivity index (χ2v) is 5.15. The highest BCUT2D eigenvalue weighted by molar-refractivity contribution is 6.04. The molecule has 0 fully saturated rings. The van der Waals surface area contributed by atoms with Gasteiger partial charge in [-0.3, -0.25) is 9.59 Å². The number of nitrogens with zero attached hydrogens (tertiary/aromatic N) is 1. The van der Waals surface area contributed by atoms with Crippen molar-refractivity contribution in [2.24, 2.45) is 0 Å². The number of hydrogen-bond acceptors (Lipinski definition) is 3. The van der Waals surface area contributed by atoms with Crippen LogP contribution in [0.2, 0.25) is 0 Å². The molecule has 0 spiro atoms. The SMILES string of the molecule is CCCC(=O)Nc1cc(C)c(NC(=O)c2cccc(F)c2)cn1. The standard InChI is InChI=1S/C17H18FN3O2/c1-3-5-16(22)21-15-8-11(2)14(10-19-15)20-17(23)12-6-4-7-13(18)9-12/h4,6-10H,3,5H2,1-2H3,(H,20,23)(H,19,21,22). The van der Waals surface area contributed by atoms with Crippen LogP contribution in [0.1, 0.15) is 35.7 Å². The van der Waals surface area contributed by atoms with Crippen molar-refractivity contribution in [3.8, 4) is 0 Å². The van der Waals surface area contributed by atoms with Crippen LogP contribution in [0.4, 0.5) is 15.9 Å². The minimum Gasteiger partial charge on any atom is -0.320 e. The van der Waals surface area contributed by atoms with Crippen molar-refractivity contribution in [1.29, 1.82) is 0 Å². The van der Waals surface area contributed by atoms with E-state index in [2.05, 4.69) is 15.6 Å². The van der Waals surface area contributed by atoms with Crippen LogP contribution in [-0.2, 0) is 4.79 Å². The zero-order chi connectivity index (χ0) is 16.8. The van der Waals surface area contributed by atoms with Gasteiger partial charge in [0.1, 0.15) is 11.6 Å². The van der Waals surface area contributed by atoms with Gasteiger partial charge in [-0.1, -0.05) is 13.0 Å². The maximum absolute atomic E-state index is 13.2. The lowest BCUT2D eigenvalue weighted by atomic mass is 10.2. The summed E-state index contributed by atoms with van der Waals surface area (Å²) in [5, 5.41) is 5.37. The molecule has 1 aromatic heterocycles. The van der Waals surface area contributed by atoms with Gasteiger partial charge in [0.2, 0.25) is 5.91 Å². The van der Waals surface area contributed by atoms with E-state index in [9.17, 15) is 14.0 Å². The average Bonchev–Trinajstić information content (AvgIpc) is 2.50. The topological polar surface area (TPSA) is 71.1 Å². The van der Waals surface area contributed by atoms with Gasteiger partial charge in [-0.2, -0.15) is 0 Å². The molecule has 0 saturated heterocycles. The predicted octanol–water partition coefficient (Wildman–Crippen LogP) is 3.52. The van der Waals surface area contributed by atoms with Crippen molar-refractivity contribution in [3.05, 3.63) is 53.5 Å². The van der Waals surface area contributed by atoms with Crippen LogP contribution >= 0.6 is 0 Å². The molecular weight excluding hydrogens is 297 g/mol. The number of pyridine rings is 1. The first-order chi connectivity index (χ1) is 11.0. The van der Waals surface area contributed by atoms with E-state index < -0.39 is 11.7 Å². The molecule has 0 bridgehead atoms. The van der Waals surface area contributed by atoms with Crippen molar-refractivity contribution in [1.82, 2.24) is 4.98 Å². The highest BCUT2D eigenvalue weighted by Crippen LogP contribution is 2.18. The number of aromatic nitrogens is 1. The minimum atomic E-state index is -0.471. The molecule has 2 N–H and O–H groups in total. The molecule has 23 heavy (non-hydrogen) atoms. The molecule has 0 radical (unpaired) electrons. The highest BCUT2D eigenvalue weighted by atomic mass is 19.1. The van der Waals surface area contributed by atoms with Gasteiger partial charge in [0.15, 0.2) is 0 Å². The lowest BCUT2D eigenvalue weighted by molar-refractivity contribution is -0.116. The van der Waals surface area contributed by atoms with Gasteiger partial charge in [0.25, 0.3) is 5.91 Å². The molecule has 2 rings (SSSR count). The van der Waals surface area contributed by atoms with Crippen LogP contribution in [0.15, 0.2) is 36.5 Å². The Bertz CT molecular complexity index is 732. The van der Waals surface area contributed by atoms with Crippen molar-refractivity contribution >= 4 is 23.3 Å². The smallest absolute Gasteiger partial charge is 0.255 e. The van der Waals surface area contributed by atoms with Crippen LogP contribution in [0.3, 0.4) is 0 Å². The van der Waals surface area contributed by atoms with E-state index in [0.29, 0.717) is 17.9 Å². The number of halogens is 1. The molecule has 0 aliphatic heterocycles. The molecule has 6 heteroatoms. The molecule has 0 unspecified atom stereocenters. The lowest BCUT2D eigenvalue weighted by Gasteiger charge is -2.10. The van der Waals surface area contributed by atoms with E-state index >= 15 is 0 Å². The van der Waals surface area contributed by atoms with Crippen LogP contribution in [0.25, 0.3) is 0 Å². The Hall–Kier alpha value is -2.76. The Morgan fingerprint density at radius 2 is 2.00 bits per heavy atom. The maximum atomic E-state index is 13.2. The predicted molar refractivity (Wildman–Crippen MR) is 86.9 cm³/mol. The third kappa shape index (κ3) is 4.60. The molecule has 5 nitrogen and oxygen atoms in total. The normalized spacial score (nSPS) is 10.2. The minimum absolute atomic E-state index is 0.101. The van der Waals surface area contributed by atoms with Gasteiger partial charge in [0.05, 0.1) is 11.9 Å². The summed E-state index contributed by atoms with van der Waals surface area (Å²) in [6.45, 7) is 3.71.